The Morgan fingerprint density at radius 3 is 1.65 bits per heavy atom. The maximum atomic E-state index is 10.2. The molecule has 0 amide bonds. The molecule has 0 aliphatic carbocycles. The van der Waals surface area contributed by atoms with Gasteiger partial charge < -0.3 is 5.11 Å². The van der Waals surface area contributed by atoms with Crippen molar-refractivity contribution in [2.45, 2.75) is 0 Å². The molecule has 1 aromatic carbocycles. The van der Waals surface area contributed by atoms with Gasteiger partial charge in [0.25, 0.3) is 0 Å². The summed E-state index contributed by atoms with van der Waals surface area (Å²) in [5.41, 5.74) is 0.136. The maximum absolute atomic E-state index is 10.2. The third-order valence-corrected chi connectivity index (χ3v) is 3.06. The van der Waals surface area contributed by atoms with Crippen molar-refractivity contribution in [3.05, 3.63) is 39.9 Å². The van der Waals surface area contributed by atoms with Crippen molar-refractivity contribution >= 4 is 21.7 Å². The van der Waals surface area contributed by atoms with Crippen LogP contribution in [0.2, 0.25) is 0 Å². The van der Waals surface area contributed by atoms with Crippen molar-refractivity contribution in [2.75, 3.05) is 0 Å². The largest absolute Gasteiger partial charge is 0.507 e. The Hall–Kier alpha value is -2.80. The lowest BCUT2D eigenvalue weighted by atomic mass is 9.88. The number of rotatable bonds is 3. The fourth-order valence-corrected chi connectivity index (χ4v) is 1.81. The van der Waals surface area contributed by atoms with Gasteiger partial charge in [0.1, 0.15) is 5.76 Å². The summed E-state index contributed by atoms with van der Waals surface area (Å²) in [6.45, 7) is 0. The highest BCUT2D eigenvalue weighted by Crippen LogP contribution is 2.28. The minimum atomic E-state index is -1.36. The summed E-state index contributed by atoms with van der Waals surface area (Å²) in [6, 6.07) is 13.1. The topological polar surface area (TPSA) is 115 Å². The van der Waals surface area contributed by atoms with Gasteiger partial charge >= 0.3 is 0 Å². The Bertz CT molecular complexity index is 633. The van der Waals surface area contributed by atoms with Gasteiger partial charge in [-0.25, -0.2) is 0 Å². The highest BCUT2D eigenvalue weighted by Gasteiger charge is 2.27. The SMILES string of the molecule is N#CC(C#N)C(=C(O)c1ccc(Br)cc1)C(C#N)C#N. The van der Waals surface area contributed by atoms with Crippen LogP contribution in [0.1, 0.15) is 5.56 Å². The van der Waals surface area contributed by atoms with Crippen molar-refractivity contribution in [2.24, 2.45) is 11.8 Å². The Morgan fingerprint density at radius 1 is 0.900 bits per heavy atom. The van der Waals surface area contributed by atoms with Gasteiger partial charge in [-0.2, -0.15) is 21.0 Å². The molecule has 0 fully saturated rings. The highest BCUT2D eigenvalue weighted by atomic mass is 79.9. The number of allylic oxidation sites excluding steroid dienone is 1. The van der Waals surface area contributed by atoms with Crippen LogP contribution in [0.15, 0.2) is 34.3 Å². The molecular weight excluding hydrogens is 320 g/mol. The Labute approximate surface area is 124 Å². The summed E-state index contributed by atoms with van der Waals surface area (Å²) in [5, 5.41) is 45.9. The molecule has 1 aromatic rings. The number of hydrogen-bond donors (Lipinski definition) is 1. The fourth-order valence-electron chi connectivity index (χ4n) is 1.55. The van der Waals surface area contributed by atoms with Crippen molar-refractivity contribution in [3.63, 3.8) is 0 Å². The number of benzene rings is 1. The van der Waals surface area contributed by atoms with E-state index in [1.807, 2.05) is 0 Å². The predicted octanol–water partition coefficient (Wildman–Crippen LogP) is 3.04. The number of aliphatic hydroxyl groups is 1. The van der Waals surface area contributed by atoms with Crippen LogP contribution < -0.4 is 0 Å². The summed E-state index contributed by atoms with van der Waals surface area (Å²) >= 11 is 3.24. The lowest BCUT2D eigenvalue weighted by Gasteiger charge is -2.12. The van der Waals surface area contributed by atoms with Gasteiger partial charge in [-0.15, -0.1) is 0 Å². The molecule has 1 rings (SSSR count). The first-order valence-electron chi connectivity index (χ1n) is 5.36. The van der Waals surface area contributed by atoms with Crippen LogP contribution in [0, 0.1) is 57.2 Å². The minimum Gasteiger partial charge on any atom is -0.507 e. The van der Waals surface area contributed by atoms with Gasteiger partial charge in [0, 0.05) is 15.6 Å². The Balaban J connectivity index is 3.51. The van der Waals surface area contributed by atoms with Crippen LogP contribution in [0.25, 0.3) is 5.76 Å². The summed E-state index contributed by atoms with van der Waals surface area (Å²) in [5.74, 6) is -3.11. The van der Waals surface area contributed by atoms with E-state index in [-0.39, 0.29) is 5.57 Å². The molecule has 0 bridgehead atoms. The molecule has 0 aliphatic heterocycles. The Kier molecular flexibility index (Phi) is 5.31. The second-order valence-corrected chi connectivity index (χ2v) is 4.61. The van der Waals surface area contributed by atoms with E-state index in [0.29, 0.717) is 5.56 Å². The molecule has 0 unspecified atom stereocenters. The van der Waals surface area contributed by atoms with E-state index in [0.717, 1.165) is 4.47 Å². The molecule has 96 valence electrons. The van der Waals surface area contributed by atoms with Gasteiger partial charge in [-0.1, -0.05) is 28.1 Å². The molecule has 0 saturated heterocycles. The third kappa shape index (κ3) is 3.15. The standard InChI is InChI=1S/C14H7BrN4O/c15-12-3-1-9(2-4-12)14(20)13(10(5-16)6-17)11(7-18)8-19/h1-4,10-11,20H. The lowest BCUT2D eigenvalue weighted by Crippen LogP contribution is -2.11. The number of halogens is 1. The monoisotopic (exact) mass is 326 g/mol. The summed E-state index contributed by atoms with van der Waals surface area (Å²) in [6.07, 6.45) is 0. The highest BCUT2D eigenvalue weighted by molar-refractivity contribution is 9.10. The van der Waals surface area contributed by atoms with Gasteiger partial charge in [0.15, 0.2) is 11.8 Å². The van der Waals surface area contributed by atoms with Gasteiger partial charge in [-0.3, -0.25) is 0 Å². The first-order valence-corrected chi connectivity index (χ1v) is 6.15. The molecule has 0 saturated carbocycles. The molecule has 1 N–H and O–H groups in total. The predicted molar refractivity (Wildman–Crippen MR) is 73.1 cm³/mol. The summed E-state index contributed by atoms with van der Waals surface area (Å²) in [7, 11) is 0. The van der Waals surface area contributed by atoms with Crippen molar-refractivity contribution in [1.29, 1.82) is 21.0 Å². The van der Waals surface area contributed by atoms with E-state index >= 15 is 0 Å². The Morgan fingerprint density at radius 2 is 1.30 bits per heavy atom. The molecule has 20 heavy (non-hydrogen) atoms. The van der Waals surface area contributed by atoms with E-state index in [1.54, 1.807) is 48.5 Å². The first-order chi connectivity index (χ1) is 9.58. The molecule has 0 aromatic heterocycles. The number of hydrogen-bond acceptors (Lipinski definition) is 5. The van der Waals surface area contributed by atoms with E-state index in [1.165, 1.54) is 0 Å². The van der Waals surface area contributed by atoms with Crippen molar-refractivity contribution in [3.8, 4) is 24.3 Å². The van der Waals surface area contributed by atoms with Crippen LogP contribution in [0.3, 0.4) is 0 Å². The molecule has 0 heterocycles. The van der Waals surface area contributed by atoms with Gasteiger partial charge in [-0.05, 0) is 12.1 Å². The van der Waals surface area contributed by atoms with Crippen LogP contribution in [-0.4, -0.2) is 5.11 Å². The average Bonchev–Trinajstić information content (AvgIpc) is 2.48. The van der Waals surface area contributed by atoms with Crippen LogP contribution in [0.5, 0.6) is 0 Å². The first kappa shape index (κ1) is 15.3. The van der Waals surface area contributed by atoms with E-state index in [2.05, 4.69) is 15.9 Å². The van der Waals surface area contributed by atoms with Crippen molar-refractivity contribution in [1.82, 2.24) is 0 Å². The van der Waals surface area contributed by atoms with E-state index < -0.39 is 17.6 Å². The molecule has 0 spiro atoms. The molecule has 0 aliphatic rings. The molecule has 5 nitrogen and oxygen atoms in total. The summed E-state index contributed by atoms with van der Waals surface area (Å²) in [4.78, 5) is 0. The zero-order chi connectivity index (χ0) is 15.1. The fraction of sp³-hybridized carbons (Fsp3) is 0.143. The smallest absolute Gasteiger partial charge is 0.160 e. The lowest BCUT2D eigenvalue weighted by molar-refractivity contribution is 0.498. The third-order valence-electron chi connectivity index (χ3n) is 2.53. The number of aliphatic hydroxyl groups excluding tert-OH is 1. The van der Waals surface area contributed by atoms with Crippen LogP contribution in [0.4, 0.5) is 0 Å². The molecule has 0 radical (unpaired) electrons. The zero-order valence-electron chi connectivity index (χ0n) is 10.1. The van der Waals surface area contributed by atoms with Crippen LogP contribution in [-0.2, 0) is 0 Å². The zero-order valence-corrected chi connectivity index (χ0v) is 11.7. The van der Waals surface area contributed by atoms with Gasteiger partial charge in [0.2, 0.25) is 0 Å². The number of nitriles is 4. The van der Waals surface area contributed by atoms with Gasteiger partial charge in [0.05, 0.1) is 24.3 Å². The van der Waals surface area contributed by atoms with Crippen LogP contribution >= 0.6 is 15.9 Å². The molecular formula is C14H7BrN4O. The van der Waals surface area contributed by atoms with E-state index in [4.69, 9.17) is 21.0 Å². The molecule has 0 atom stereocenters. The second-order valence-electron chi connectivity index (χ2n) is 3.69. The minimum absolute atomic E-state index is 0.192. The van der Waals surface area contributed by atoms with Crippen molar-refractivity contribution < 1.29 is 5.11 Å². The summed E-state index contributed by atoms with van der Waals surface area (Å²) < 4.78 is 0.782. The maximum Gasteiger partial charge on any atom is 0.160 e. The quantitative estimate of drug-likeness (QED) is 0.857. The average molecular weight is 327 g/mol. The van der Waals surface area contributed by atoms with E-state index in [9.17, 15) is 5.11 Å². The number of nitrogens with zero attached hydrogens (tertiary/aromatic N) is 4. The molecule has 6 heteroatoms. The second kappa shape index (κ2) is 6.95. The normalized spacial score (nSPS) is 9.15.